The molecule has 0 bridgehead atoms. The maximum Gasteiger partial charge on any atom is 0.254 e. The number of anilines is 1. The number of carbonyl (C=O) groups excluding carboxylic acids is 1. The highest BCUT2D eigenvalue weighted by molar-refractivity contribution is 6.00. The van der Waals surface area contributed by atoms with Gasteiger partial charge >= 0.3 is 0 Å². The summed E-state index contributed by atoms with van der Waals surface area (Å²) in [5.41, 5.74) is 8.89. The van der Waals surface area contributed by atoms with Crippen LogP contribution in [0.25, 0.3) is 0 Å². The number of carbonyl (C=O) groups is 1. The Balaban J connectivity index is 1.87. The molecule has 0 radical (unpaired) electrons. The van der Waals surface area contributed by atoms with Gasteiger partial charge in [0.2, 0.25) is 0 Å². The average Bonchev–Trinajstić information content (AvgIpc) is 3.08. The first-order valence-corrected chi connectivity index (χ1v) is 8.93. The van der Waals surface area contributed by atoms with Crippen LogP contribution in [-0.2, 0) is 6.54 Å². The highest BCUT2D eigenvalue weighted by Gasteiger charge is 2.26. The van der Waals surface area contributed by atoms with Crippen LogP contribution in [0.3, 0.4) is 0 Å². The molecule has 0 aliphatic carbocycles. The largest absolute Gasteiger partial charge is 0.398 e. The zero-order valence-electron chi connectivity index (χ0n) is 15.8. The first-order valence-electron chi connectivity index (χ1n) is 8.93. The topological polar surface area (TPSA) is 98.7 Å². The van der Waals surface area contributed by atoms with E-state index in [9.17, 15) is 4.79 Å². The molecule has 1 heterocycles. The number of tetrazole rings is 1. The summed E-state index contributed by atoms with van der Waals surface area (Å²) in [6.07, 6.45) is 0. The molecule has 1 aromatic heterocycles. The summed E-state index contributed by atoms with van der Waals surface area (Å²) in [4.78, 5) is 12.9. The lowest BCUT2D eigenvalue weighted by molar-refractivity contribution is 0.0922. The molecule has 0 saturated heterocycles. The summed E-state index contributed by atoms with van der Waals surface area (Å²) in [5.74, 6) is 0.493. The van der Waals surface area contributed by atoms with Crippen LogP contribution in [0.15, 0.2) is 48.5 Å². The molecule has 0 saturated carbocycles. The molecule has 0 unspecified atom stereocenters. The number of aromatic nitrogens is 4. The van der Waals surface area contributed by atoms with Crippen LogP contribution in [0.5, 0.6) is 0 Å². The standard InChI is InChI=1S/C20H24N6O/c1-13(2)18(22-20(27)17-14(3)8-7-11-16(17)21)19-23-24-25-26(19)12-15-9-5-4-6-10-15/h4-11,13,18H,12,21H2,1-3H3,(H,22,27)/t18-/m0/s1. The number of benzene rings is 2. The molecular weight excluding hydrogens is 340 g/mol. The second-order valence-electron chi connectivity index (χ2n) is 6.91. The molecule has 3 N–H and O–H groups in total. The van der Waals surface area contributed by atoms with Crippen LogP contribution < -0.4 is 11.1 Å². The van der Waals surface area contributed by atoms with Gasteiger partial charge in [-0.15, -0.1) is 5.10 Å². The fourth-order valence-corrected chi connectivity index (χ4v) is 3.05. The zero-order valence-corrected chi connectivity index (χ0v) is 15.8. The number of aryl methyl sites for hydroxylation is 1. The third kappa shape index (κ3) is 4.13. The number of nitrogens with zero attached hydrogens (tertiary/aromatic N) is 4. The molecule has 0 aliphatic rings. The first-order chi connectivity index (χ1) is 13.0. The van der Waals surface area contributed by atoms with E-state index in [-0.39, 0.29) is 17.9 Å². The number of amides is 1. The Labute approximate surface area is 158 Å². The van der Waals surface area contributed by atoms with Gasteiger partial charge in [0.25, 0.3) is 5.91 Å². The first kappa shape index (κ1) is 18.6. The van der Waals surface area contributed by atoms with Gasteiger partial charge in [0.15, 0.2) is 5.82 Å². The monoisotopic (exact) mass is 364 g/mol. The van der Waals surface area contributed by atoms with E-state index in [2.05, 4.69) is 20.8 Å². The normalized spacial score (nSPS) is 12.1. The molecular formula is C20H24N6O. The molecule has 7 heteroatoms. The minimum atomic E-state index is -0.338. The van der Waals surface area contributed by atoms with Gasteiger partial charge in [-0.05, 0) is 40.5 Å². The van der Waals surface area contributed by atoms with E-state index >= 15 is 0 Å². The number of hydrogen-bond donors (Lipinski definition) is 2. The highest BCUT2D eigenvalue weighted by Crippen LogP contribution is 2.23. The van der Waals surface area contributed by atoms with E-state index in [0.29, 0.717) is 23.6 Å². The van der Waals surface area contributed by atoms with Crippen molar-refractivity contribution in [3.8, 4) is 0 Å². The molecule has 1 amide bonds. The van der Waals surface area contributed by atoms with E-state index in [1.807, 2.05) is 63.2 Å². The molecule has 0 aliphatic heterocycles. The quantitative estimate of drug-likeness (QED) is 0.655. The summed E-state index contributed by atoms with van der Waals surface area (Å²) in [5, 5.41) is 15.2. The maximum absolute atomic E-state index is 12.9. The van der Waals surface area contributed by atoms with Crippen molar-refractivity contribution < 1.29 is 4.79 Å². The lowest BCUT2D eigenvalue weighted by Crippen LogP contribution is -2.34. The number of rotatable bonds is 6. The van der Waals surface area contributed by atoms with Crippen molar-refractivity contribution in [2.45, 2.75) is 33.4 Å². The summed E-state index contributed by atoms with van der Waals surface area (Å²) in [6.45, 7) is 6.45. The predicted octanol–water partition coefficient (Wildman–Crippen LogP) is 2.74. The van der Waals surface area contributed by atoms with Gasteiger partial charge in [-0.1, -0.05) is 56.3 Å². The molecule has 3 aromatic rings. The second-order valence-corrected chi connectivity index (χ2v) is 6.91. The third-order valence-electron chi connectivity index (χ3n) is 4.50. The molecule has 0 fully saturated rings. The van der Waals surface area contributed by atoms with Gasteiger partial charge in [-0.3, -0.25) is 4.79 Å². The van der Waals surface area contributed by atoms with Crippen LogP contribution in [-0.4, -0.2) is 26.1 Å². The predicted molar refractivity (Wildman–Crippen MR) is 104 cm³/mol. The average molecular weight is 364 g/mol. The Morgan fingerprint density at radius 3 is 2.56 bits per heavy atom. The molecule has 0 spiro atoms. The van der Waals surface area contributed by atoms with Crippen molar-refractivity contribution in [1.29, 1.82) is 0 Å². The SMILES string of the molecule is Cc1cccc(N)c1C(=O)N[C@H](c1nnnn1Cc1ccccc1)C(C)C. The zero-order chi connectivity index (χ0) is 19.4. The van der Waals surface area contributed by atoms with E-state index in [4.69, 9.17) is 5.73 Å². The van der Waals surface area contributed by atoms with Crippen LogP contribution in [0.4, 0.5) is 5.69 Å². The Hall–Kier alpha value is -3.22. The van der Waals surface area contributed by atoms with Crippen molar-refractivity contribution in [3.05, 3.63) is 71.0 Å². The fourth-order valence-electron chi connectivity index (χ4n) is 3.05. The van der Waals surface area contributed by atoms with Crippen LogP contribution in [0.2, 0.25) is 0 Å². The second kappa shape index (κ2) is 7.99. The smallest absolute Gasteiger partial charge is 0.254 e. The van der Waals surface area contributed by atoms with Gasteiger partial charge in [0, 0.05) is 5.69 Å². The summed E-state index contributed by atoms with van der Waals surface area (Å²) in [7, 11) is 0. The van der Waals surface area contributed by atoms with E-state index in [0.717, 1.165) is 11.1 Å². The minimum absolute atomic E-state index is 0.0970. The number of nitrogens with two attached hydrogens (primary N) is 1. The van der Waals surface area contributed by atoms with Gasteiger partial charge in [-0.2, -0.15) is 0 Å². The van der Waals surface area contributed by atoms with Crippen molar-refractivity contribution in [2.75, 3.05) is 5.73 Å². The van der Waals surface area contributed by atoms with Crippen LogP contribution >= 0.6 is 0 Å². The number of nitrogen functional groups attached to an aromatic ring is 1. The molecule has 7 nitrogen and oxygen atoms in total. The fraction of sp³-hybridized carbons (Fsp3) is 0.300. The van der Waals surface area contributed by atoms with Gasteiger partial charge in [-0.25, -0.2) is 4.68 Å². The Morgan fingerprint density at radius 1 is 1.15 bits per heavy atom. The van der Waals surface area contributed by atoms with E-state index in [1.54, 1.807) is 10.7 Å². The van der Waals surface area contributed by atoms with Crippen LogP contribution in [0, 0.1) is 12.8 Å². The highest BCUT2D eigenvalue weighted by atomic mass is 16.1. The number of hydrogen-bond acceptors (Lipinski definition) is 5. The van der Waals surface area contributed by atoms with Gasteiger partial charge in [0.05, 0.1) is 18.2 Å². The van der Waals surface area contributed by atoms with Gasteiger partial charge < -0.3 is 11.1 Å². The Kier molecular flexibility index (Phi) is 5.49. The lowest BCUT2D eigenvalue weighted by atomic mass is 10.0. The maximum atomic E-state index is 12.9. The van der Waals surface area contributed by atoms with Crippen molar-refractivity contribution in [3.63, 3.8) is 0 Å². The molecule has 140 valence electrons. The molecule has 2 aromatic carbocycles. The summed E-state index contributed by atoms with van der Waals surface area (Å²) in [6, 6.07) is 15.0. The molecule has 3 rings (SSSR count). The Morgan fingerprint density at radius 2 is 1.89 bits per heavy atom. The van der Waals surface area contributed by atoms with E-state index in [1.165, 1.54) is 0 Å². The number of nitrogens with one attached hydrogen (secondary N) is 1. The lowest BCUT2D eigenvalue weighted by Gasteiger charge is -2.22. The summed E-state index contributed by atoms with van der Waals surface area (Å²) >= 11 is 0. The van der Waals surface area contributed by atoms with Crippen molar-refractivity contribution in [1.82, 2.24) is 25.5 Å². The minimum Gasteiger partial charge on any atom is -0.398 e. The van der Waals surface area contributed by atoms with E-state index < -0.39 is 0 Å². The third-order valence-corrected chi connectivity index (χ3v) is 4.50. The van der Waals surface area contributed by atoms with Crippen molar-refractivity contribution >= 4 is 11.6 Å². The van der Waals surface area contributed by atoms with Crippen molar-refractivity contribution in [2.24, 2.45) is 5.92 Å². The van der Waals surface area contributed by atoms with Crippen LogP contribution in [0.1, 0.15) is 47.2 Å². The molecule has 27 heavy (non-hydrogen) atoms. The summed E-state index contributed by atoms with van der Waals surface area (Å²) < 4.78 is 1.72. The van der Waals surface area contributed by atoms with Gasteiger partial charge in [0.1, 0.15) is 0 Å². The molecule has 1 atom stereocenters. The Bertz CT molecular complexity index is 899.